The van der Waals surface area contributed by atoms with E-state index in [-0.39, 0.29) is 6.04 Å². The molecule has 5 heteroatoms. The highest BCUT2D eigenvalue weighted by Crippen LogP contribution is 2.11. The van der Waals surface area contributed by atoms with Crippen molar-refractivity contribution in [3.05, 3.63) is 0 Å². The molecule has 0 N–H and O–H groups in total. The third-order valence-corrected chi connectivity index (χ3v) is 5.42. The molecular weight excluding hydrogens is 236 g/mol. The molecule has 0 aromatic carbocycles. The number of hydrogen-bond acceptors (Lipinski definition) is 4. The highest BCUT2D eigenvalue weighted by molar-refractivity contribution is 7.91. The minimum absolute atomic E-state index is 0.186. The molecule has 0 aromatic rings. The fraction of sp³-hybridized carbons (Fsp3) is 1.00. The Kier molecular flexibility index (Phi) is 5.89. The topological polar surface area (TPSA) is 40.6 Å². The SMILES string of the molecule is CCN(CC)CCCN1CCS(=O)(=O)CC1C. The standard InChI is InChI=1S/C12H26N2O2S/c1-4-13(5-2)7-6-8-14-9-10-17(15,16)11-12(14)3/h12H,4-11H2,1-3H3. The fourth-order valence-electron chi connectivity index (χ4n) is 2.40. The van der Waals surface area contributed by atoms with Crippen LogP contribution in [0.25, 0.3) is 0 Å². The minimum Gasteiger partial charge on any atom is -0.304 e. The van der Waals surface area contributed by atoms with Gasteiger partial charge in [-0.3, -0.25) is 4.90 Å². The summed E-state index contributed by atoms with van der Waals surface area (Å²) in [4.78, 5) is 4.72. The van der Waals surface area contributed by atoms with Crippen molar-refractivity contribution in [2.45, 2.75) is 33.2 Å². The van der Waals surface area contributed by atoms with Crippen LogP contribution in [-0.2, 0) is 9.84 Å². The molecule has 0 aliphatic carbocycles. The Morgan fingerprint density at radius 1 is 1.29 bits per heavy atom. The van der Waals surface area contributed by atoms with Crippen LogP contribution in [0, 0.1) is 0 Å². The van der Waals surface area contributed by atoms with Crippen molar-refractivity contribution in [3.8, 4) is 0 Å². The normalized spacial score (nSPS) is 25.3. The van der Waals surface area contributed by atoms with Crippen LogP contribution in [0.2, 0.25) is 0 Å². The lowest BCUT2D eigenvalue weighted by Crippen LogP contribution is -2.47. The minimum atomic E-state index is -2.77. The van der Waals surface area contributed by atoms with Gasteiger partial charge < -0.3 is 4.90 Å². The van der Waals surface area contributed by atoms with Crippen molar-refractivity contribution in [1.82, 2.24) is 9.80 Å². The quantitative estimate of drug-likeness (QED) is 0.711. The van der Waals surface area contributed by atoms with Crippen molar-refractivity contribution >= 4 is 9.84 Å². The summed E-state index contributed by atoms with van der Waals surface area (Å²) < 4.78 is 22.9. The molecule has 0 amide bonds. The Balaban J connectivity index is 2.29. The zero-order chi connectivity index (χ0) is 12.9. The molecule has 0 aromatic heterocycles. The maximum Gasteiger partial charge on any atom is 0.153 e. The number of sulfone groups is 1. The maximum absolute atomic E-state index is 11.4. The zero-order valence-electron chi connectivity index (χ0n) is 11.4. The monoisotopic (exact) mass is 262 g/mol. The van der Waals surface area contributed by atoms with Gasteiger partial charge in [-0.15, -0.1) is 0 Å². The molecule has 1 atom stereocenters. The van der Waals surface area contributed by atoms with E-state index in [1.165, 1.54) is 0 Å². The molecule has 17 heavy (non-hydrogen) atoms. The summed E-state index contributed by atoms with van der Waals surface area (Å²) in [5.74, 6) is 0.668. The van der Waals surface area contributed by atoms with E-state index in [4.69, 9.17) is 0 Å². The molecule has 1 aliphatic heterocycles. The lowest BCUT2D eigenvalue weighted by atomic mass is 10.2. The molecule has 1 heterocycles. The second-order valence-electron chi connectivity index (χ2n) is 4.88. The molecule has 4 nitrogen and oxygen atoms in total. The highest BCUT2D eigenvalue weighted by atomic mass is 32.2. The van der Waals surface area contributed by atoms with Gasteiger partial charge in [-0.05, 0) is 39.5 Å². The molecule has 102 valence electrons. The summed E-state index contributed by atoms with van der Waals surface area (Å²) >= 11 is 0. The summed E-state index contributed by atoms with van der Waals surface area (Å²) in [6.45, 7) is 11.4. The summed E-state index contributed by atoms with van der Waals surface area (Å²) in [5.41, 5.74) is 0. The van der Waals surface area contributed by atoms with Gasteiger partial charge in [0.2, 0.25) is 0 Å². The van der Waals surface area contributed by atoms with Crippen LogP contribution in [0.5, 0.6) is 0 Å². The van der Waals surface area contributed by atoms with E-state index in [9.17, 15) is 8.42 Å². The van der Waals surface area contributed by atoms with Gasteiger partial charge in [-0.2, -0.15) is 0 Å². The Labute approximate surface area is 106 Å². The zero-order valence-corrected chi connectivity index (χ0v) is 12.2. The van der Waals surface area contributed by atoms with Crippen molar-refractivity contribution < 1.29 is 8.42 Å². The first-order chi connectivity index (χ1) is 7.98. The predicted molar refractivity (Wildman–Crippen MR) is 72.1 cm³/mol. The van der Waals surface area contributed by atoms with Crippen LogP contribution in [0.1, 0.15) is 27.2 Å². The summed E-state index contributed by atoms with van der Waals surface area (Å²) in [6.07, 6.45) is 1.13. The summed E-state index contributed by atoms with van der Waals surface area (Å²) in [7, 11) is -2.77. The molecule has 1 fully saturated rings. The molecule has 0 saturated carbocycles. The molecule has 1 saturated heterocycles. The Hall–Kier alpha value is -0.130. The van der Waals surface area contributed by atoms with Gasteiger partial charge in [-0.1, -0.05) is 13.8 Å². The molecule has 1 unspecified atom stereocenters. The van der Waals surface area contributed by atoms with E-state index in [0.29, 0.717) is 18.1 Å². The van der Waals surface area contributed by atoms with Crippen LogP contribution in [0.4, 0.5) is 0 Å². The Bertz CT molecular complexity index is 312. The predicted octanol–water partition coefficient (Wildman–Crippen LogP) is 0.837. The van der Waals surface area contributed by atoms with E-state index in [2.05, 4.69) is 23.6 Å². The van der Waals surface area contributed by atoms with E-state index < -0.39 is 9.84 Å². The fourth-order valence-corrected chi connectivity index (χ4v) is 4.03. The van der Waals surface area contributed by atoms with Crippen molar-refractivity contribution in [2.24, 2.45) is 0 Å². The van der Waals surface area contributed by atoms with Crippen LogP contribution in [0.3, 0.4) is 0 Å². The number of rotatable bonds is 6. The van der Waals surface area contributed by atoms with Crippen molar-refractivity contribution in [2.75, 3.05) is 44.2 Å². The maximum atomic E-state index is 11.4. The summed E-state index contributed by atoms with van der Waals surface area (Å²) in [6, 6.07) is 0.186. The first kappa shape index (κ1) is 14.9. The van der Waals surface area contributed by atoms with E-state index in [0.717, 1.165) is 32.6 Å². The lowest BCUT2D eigenvalue weighted by molar-refractivity contribution is 0.205. The molecule has 0 spiro atoms. The molecule has 0 radical (unpaired) electrons. The summed E-state index contributed by atoms with van der Waals surface area (Å²) in [5, 5.41) is 0. The molecule has 0 bridgehead atoms. The van der Waals surface area contributed by atoms with Crippen LogP contribution in [0.15, 0.2) is 0 Å². The largest absolute Gasteiger partial charge is 0.304 e. The van der Waals surface area contributed by atoms with Gasteiger partial charge >= 0.3 is 0 Å². The first-order valence-corrected chi connectivity index (χ1v) is 8.47. The number of hydrogen-bond donors (Lipinski definition) is 0. The second kappa shape index (κ2) is 6.71. The highest BCUT2D eigenvalue weighted by Gasteiger charge is 2.27. The van der Waals surface area contributed by atoms with Gasteiger partial charge in [0.05, 0.1) is 11.5 Å². The van der Waals surface area contributed by atoms with Crippen molar-refractivity contribution in [3.63, 3.8) is 0 Å². The molecule has 1 aliphatic rings. The van der Waals surface area contributed by atoms with Gasteiger partial charge in [0, 0.05) is 12.6 Å². The van der Waals surface area contributed by atoms with Gasteiger partial charge in [-0.25, -0.2) is 8.42 Å². The average molecular weight is 262 g/mol. The van der Waals surface area contributed by atoms with Crippen LogP contribution < -0.4 is 0 Å². The van der Waals surface area contributed by atoms with E-state index >= 15 is 0 Å². The lowest BCUT2D eigenvalue weighted by Gasteiger charge is -2.33. The van der Waals surface area contributed by atoms with Gasteiger partial charge in [0.25, 0.3) is 0 Å². The van der Waals surface area contributed by atoms with Gasteiger partial charge in [0.15, 0.2) is 9.84 Å². The van der Waals surface area contributed by atoms with Crippen molar-refractivity contribution in [1.29, 1.82) is 0 Å². The van der Waals surface area contributed by atoms with E-state index in [1.54, 1.807) is 0 Å². The van der Waals surface area contributed by atoms with Crippen LogP contribution >= 0.6 is 0 Å². The number of nitrogens with zero attached hydrogens (tertiary/aromatic N) is 2. The van der Waals surface area contributed by atoms with E-state index in [1.807, 2.05) is 6.92 Å². The Morgan fingerprint density at radius 2 is 1.94 bits per heavy atom. The first-order valence-electron chi connectivity index (χ1n) is 6.65. The molecular formula is C12H26N2O2S. The van der Waals surface area contributed by atoms with Gasteiger partial charge in [0.1, 0.15) is 0 Å². The third-order valence-electron chi connectivity index (χ3n) is 3.62. The second-order valence-corrected chi connectivity index (χ2v) is 7.11. The average Bonchev–Trinajstić information content (AvgIpc) is 2.26. The van der Waals surface area contributed by atoms with Crippen LogP contribution in [-0.4, -0.2) is 68.5 Å². The smallest absolute Gasteiger partial charge is 0.153 e. The third kappa shape index (κ3) is 4.94. The molecule has 1 rings (SSSR count). The Morgan fingerprint density at radius 3 is 2.47 bits per heavy atom.